The number of halogens is 1. The van der Waals surface area contributed by atoms with Crippen molar-refractivity contribution >= 4 is 38.6 Å². The lowest BCUT2D eigenvalue weighted by Gasteiger charge is -2.07. The molecule has 122 valence electrons. The van der Waals surface area contributed by atoms with Crippen LogP contribution in [0.1, 0.15) is 21.7 Å². The van der Waals surface area contributed by atoms with Crippen LogP contribution in [0.5, 0.6) is 0 Å². The Morgan fingerprint density at radius 3 is 3.04 bits per heavy atom. The second kappa shape index (κ2) is 7.33. The Bertz CT molecular complexity index is 770. The van der Waals surface area contributed by atoms with Crippen molar-refractivity contribution in [3.63, 3.8) is 0 Å². The van der Waals surface area contributed by atoms with Gasteiger partial charge in [0, 0.05) is 22.3 Å². The molecule has 0 amide bonds. The van der Waals surface area contributed by atoms with Gasteiger partial charge < -0.3 is 11.1 Å². The molecular weight excluding hydrogens is 331 g/mol. The number of hydrogen-bond acceptors (Lipinski definition) is 6. The summed E-state index contributed by atoms with van der Waals surface area (Å²) in [5.41, 5.74) is 8.99. The summed E-state index contributed by atoms with van der Waals surface area (Å²) in [7, 11) is 0. The highest BCUT2D eigenvalue weighted by molar-refractivity contribution is 7.19. The molecule has 3 heterocycles. The Hall–Kier alpha value is -1.57. The van der Waals surface area contributed by atoms with Crippen molar-refractivity contribution in [2.24, 2.45) is 5.73 Å². The van der Waals surface area contributed by atoms with Gasteiger partial charge in [0.25, 0.3) is 0 Å². The van der Waals surface area contributed by atoms with Crippen LogP contribution in [0.4, 0.5) is 10.1 Å². The quantitative estimate of drug-likeness (QED) is 0.678. The molecule has 3 rings (SSSR count). The van der Waals surface area contributed by atoms with Crippen molar-refractivity contribution in [2.45, 2.75) is 32.4 Å². The number of nitrogens with one attached hydrogen (secondary N) is 1. The summed E-state index contributed by atoms with van der Waals surface area (Å²) in [5.74, 6) is 0. The van der Waals surface area contributed by atoms with Crippen LogP contribution in [0.2, 0.25) is 0 Å². The topological polar surface area (TPSA) is 63.8 Å². The fourth-order valence-corrected chi connectivity index (χ4v) is 4.42. The minimum absolute atomic E-state index is 0.151. The van der Waals surface area contributed by atoms with Gasteiger partial charge in [0.1, 0.15) is 5.52 Å². The highest BCUT2D eigenvalue weighted by Gasteiger charge is 2.16. The van der Waals surface area contributed by atoms with Crippen LogP contribution in [0.25, 0.3) is 10.2 Å². The Morgan fingerprint density at radius 2 is 2.30 bits per heavy atom. The first-order valence-electron chi connectivity index (χ1n) is 7.50. The zero-order valence-electron chi connectivity index (χ0n) is 12.9. The summed E-state index contributed by atoms with van der Waals surface area (Å²) in [6.07, 6.45) is 2.83. The lowest BCUT2D eigenvalue weighted by Crippen LogP contribution is -2.23. The van der Waals surface area contributed by atoms with Gasteiger partial charge in [0.05, 0.1) is 23.3 Å². The van der Waals surface area contributed by atoms with Crippen LogP contribution in [0, 0.1) is 6.92 Å². The Kier molecular flexibility index (Phi) is 5.20. The molecule has 1 atom stereocenters. The molecule has 0 unspecified atom stereocenters. The lowest BCUT2D eigenvalue weighted by molar-refractivity contribution is 0.436. The number of fused-ring (bicyclic) bond motifs is 1. The van der Waals surface area contributed by atoms with Crippen molar-refractivity contribution in [3.05, 3.63) is 39.0 Å². The zero-order chi connectivity index (χ0) is 16.2. The molecule has 0 aromatic carbocycles. The molecule has 0 aliphatic heterocycles. The number of nitrogens with zero attached hydrogens (tertiary/aromatic N) is 2. The molecule has 0 aliphatic carbocycles. The average molecular weight is 350 g/mol. The molecule has 3 aromatic rings. The molecule has 0 spiro atoms. The first-order chi connectivity index (χ1) is 11.2. The molecule has 7 heteroatoms. The maximum atomic E-state index is 12.4. The standard InChI is InChI=1S/C16H19FN4S2/c1-10-14(7-11(18)4-5-17)23-16-13(9-20-21-15(10)16)19-8-12-3-2-6-22-12/h2-3,6,9,11H,4-5,7-8,18H2,1H3,(H,19,21)/t11-/m0/s1. The van der Waals surface area contributed by atoms with Gasteiger partial charge in [-0.15, -0.1) is 27.8 Å². The first kappa shape index (κ1) is 16.3. The zero-order valence-corrected chi connectivity index (χ0v) is 14.5. The number of nitrogens with two attached hydrogens (primary N) is 1. The number of aromatic nitrogens is 2. The molecule has 3 N–H and O–H groups in total. The summed E-state index contributed by atoms with van der Waals surface area (Å²) in [6, 6.07) is 3.99. The molecule has 0 aliphatic rings. The molecule has 4 nitrogen and oxygen atoms in total. The van der Waals surface area contributed by atoms with Gasteiger partial charge in [-0.2, -0.15) is 5.10 Å². The molecule has 0 bridgehead atoms. The molecule has 0 fully saturated rings. The van der Waals surface area contributed by atoms with E-state index in [9.17, 15) is 4.39 Å². The summed E-state index contributed by atoms with van der Waals surface area (Å²) >= 11 is 3.40. The van der Waals surface area contributed by atoms with E-state index in [2.05, 4.69) is 27.0 Å². The third-order valence-electron chi connectivity index (χ3n) is 3.76. The minimum Gasteiger partial charge on any atom is -0.378 e. The number of anilines is 1. The minimum atomic E-state index is -0.376. The number of thiophene rings is 2. The lowest BCUT2D eigenvalue weighted by atomic mass is 10.1. The Morgan fingerprint density at radius 1 is 1.43 bits per heavy atom. The van der Waals surface area contributed by atoms with Crippen molar-refractivity contribution < 1.29 is 4.39 Å². The van der Waals surface area contributed by atoms with Crippen LogP contribution in [0.15, 0.2) is 23.7 Å². The predicted octanol–water partition coefficient (Wildman–Crippen LogP) is 3.90. The number of aryl methyl sites for hydroxylation is 1. The number of rotatable bonds is 7. The third-order valence-corrected chi connectivity index (χ3v) is 5.98. The van der Waals surface area contributed by atoms with E-state index >= 15 is 0 Å². The first-order valence-corrected chi connectivity index (χ1v) is 9.20. The van der Waals surface area contributed by atoms with Crippen LogP contribution < -0.4 is 11.1 Å². The van der Waals surface area contributed by atoms with E-state index in [1.165, 1.54) is 9.75 Å². The third kappa shape index (κ3) is 3.68. The molecule has 0 saturated carbocycles. The highest BCUT2D eigenvalue weighted by Crippen LogP contribution is 2.34. The van der Waals surface area contributed by atoms with Gasteiger partial charge in [-0.3, -0.25) is 4.39 Å². The van der Waals surface area contributed by atoms with E-state index in [0.717, 1.165) is 28.0 Å². The van der Waals surface area contributed by atoms with Crippen molar-refractivity contribution in [2.75, 3.05) is 12.0 Å². The van der Waals surface area contributed by atoms with E-state index in [4.69, 9.17) is 5.73 Å². The van der Waals surface area contributed by atoms with E-state index in [1.807, 2.05) is 13.0 Å². The summed E-state index contributed by atoms with van der Waals surface area (Å²) in [5, 5.41) is 13.9. The normalized spacial score (nSPS) is 12.7. The predicted molar refractivity (Wildman–Crippen MR) is 96.1 cm³/mol. The molecule has 23 heavy (non-hydrogen) atoms. The molecule has 3 aromatic heterocycles. The van der Waals surface area contributed by atoms with Crippen LogP contribution in [-0.4, -0.2) is 22.9 Å². The van der Waals surface area contributed by atoms with Gasteiger partial charge in [-0.1, -0.05) is 6.07 Å². The maximum absolute atomic E-state index is 12.4. The molecule has 0 saturated heterocycles. The van der Waals surface area contributed by atoms with Crippen LogP contribution in [-0.2, 0) is 13.0 Å². The van der Waals surface area contributed by atoms with Gasteiger partial charge in [-0.05, 0) is 36.8 Å². The van der Waals surface area contributed by atoms with E-state index < -0.39 is 0 Å². The maximum Gasteiger partial charge on any atom is 0.109 e. The average Bonchev–Trinajstić information content (AvgIpc) is 3.15. The van der Waals surface area contributed by atoms with Gasteiger partial charge in [0.2, 0.25) is 0 Å². The number of hydrogen-bond donors (Lipinski definition) is 2. The highest BCUT2D eigenvalue weighted by atomic mass is 32.1. The smallest absolute Gasteiger partial charge is 0.109 e. The fraction of sp³-hybridized carbons (Fsp3) is 0.375. The van der Waals surface area contributed by atoms with E-state index in [1.54, 1.807) is 28.9 Å². The second-order valence-electron chi connectivity index (χ2n) is 5.46. The van der Waals surface area contributed by atoms with Crippen molar-refractivity contribution in [1.82, 2.24) is 10.2 Å². The Balaban J connectivity index is 1.85. The second-order valence-corrected chi connectivity index (χ2v) is 7.60. The number of alkyl halides is 1. The molecular formula is C16H19FN4S2. The summed E-state index contributed by atoms with van der Waals surface area (Å²) in [4.78, 5) is 2.44. The van der Waals surface area contributed by atoms with E-state index in [0.29, 0.717) is 12.8 Å². The fourth-order valence-electron chi connectivity index (χ4n) is 2.45. The summed E-state index contributed by atoms with van der Waals surface area (Å²) in [6.45, 7) is 2.43. The van der Waals surface area contributed by atoms with E-state index in [-0.39, 0.29) is 12.7 Å². The summed E-state index contributed by atoms with van der Waals surface area (Å²) < 4.78 is 13.5. The largest absolute Gasteiger partial charge is 0.378 e. The van der Waals surface area contributed by atoms with Crippen LogP contribution >= 0.6 is 22.7 Å². The van der Waals surface area contributed by atoms with Crippen molar-refractivity contribution in [3.8, 4) is 0 Å². The monoisotopic (exact) mass is 350 g/mol. The van der Waals surface area contributed by atoms with Gasteiger partial charge in [-0.25, -0.2) is 0 Å². The van der Waals surface area contributed by atoms with Crippen LogP contribution in [0.3, 0.4) is 0 Å². The van der Waals surface area contributed by atoms with Gasteiger partial charge >= 0.3 is 0 Å². The van der Waals surface area contributed by atoms with Crippen molar-refractivity contribution in [1.29, 1.82) is 0 Å². The Labute approximate surface area is 142 Å². The van der Waals surface area contributed by atoms with Gasteiger partial charge in [0.15, 0.2) is 0 Å². The molecule has 0 radical (unpaired) electrons. The SMILES string of the molecule is Cc1c(C[C@@H](N)CCF)sc2c(NCc3cccs3)cnnc12.